The van der Waals surface area contributed by atoms with Gasteiger partial charge in [-0.05, 0) is 68.3 Å². The second kappa shape index (κ2) is 13.9. The summed E-state index contributed by atoms with van der Waals surface area (Å²) in [5.41, 5.74) is 1.58. The predicted octanol–water partition coefficient (Wildman–Crippen LogP) is 6.75. The summed E-state index contributed by atoms with van der Waals surface area (Å²) in [6.07, 6.45) is 0.706. The number of rotatable bonds is 11. The SMILES string of the molecule is CCCNC(=O)[C@@H](C)N(Cc1ccc(Cl)c(Cl)c1)C(=O)CN(c1cc(Cl)cc(Cl)c1)S(=O)(=O)c1ccc(C)cc1. The molecule has 1 atom stereocenters. The van der Waals surface area contributed by atoms with Crippen molar-refractivity contribution in [2.45, 2.75) is 44.7 Å². The summed E-state index contributed by atoms with van der Waals surface area (Å²) >= 11 is 24.7. The van der Waals surface area contributed by atoms with Crippen LogP contribution in [0.4, 0.5) is 5.69 Å². The van der Waals surface area contributed by atoms with Gasteiger partial charge in [0, 0.05) is 23.1 Å². The molecule has 214 valence electrons. The summed E-state index contributed by atoms with van der Waals surface area (Å²) < 4.78 is 28.7. The Morgan fingerprint density at radius 1 is 0.900 bits per heavy atom. The molecule has 0 fully saturated rings. The van der Waals surface area contributed by atoms with Crippen LogP contribution in [0.2, 0.25) is 20.1 Å². The molecule has 40 heavy (non-hydrogen) atoms. The highest BCUT2D eigenvalue weighted by Gasteiger charge is 2.33. The number of nitrogens with one attached hydrogen (secondary N) is 1. The molecule has 1 N–H and O–H groups in total. The van der Waals surface area contributed by atoms with Crippen molar-refractivity contribution >= 4 is 73.9 Å². The Morgan fingerprint density at radius 2 is 1.52 bits per heavy atom. The van der Waals surface area contributed by atoms with Crippen LogP contribution in [0.1, 0.15) is 31.4 Å². The first-order valence-electron chi connectivity index (χ1n) is 12.4. The van der Waals surface area contributed by atoms with E-state index >= 15 is 0 Å². The zero-order valence-corrected chi connectivity index (χ0v) is 26.0. The lowest BCUT2D eigenvalue weighted by atomic mass is 10.1. The van der Waals surface area contributed by atoms with Crippen LogP contribution in [0.5, 0.6) is 0 Å². The maximum Gasteiger partial charge on any atom is 0.264 e. The molecule has 3 rings (SSSR count). The van der Waals surface area contributed by atoms with Gasteiger partial charge in [-0.25, -0.2) is 8.42 Å². The molecule has 0 saturated heterocycles. The standard InChI is InChI=1S/C28H29Cl4N3O4S/c1-4-11-33-28(37)19(3)34(16-20-7-10-25(31)26(32)12-20)27(36)17-35(23-14-21(29)13-22(30)15-23)40(38,39)24-8-5-18(2)6-9-24/h5-10,12-15,19H,4,11,16-17H2,1-3H3,(H,33,37)/t19-/m1/s1. The molecule has 0 radical (unpaired) electrons. The zero-order valence-electron chi connectivity index (χ0n) is 22.1. The number of anilines is 1. The van der Waals surface area contributed by atoms with E-state index in [0.29, 0.717) is 23.6 Å². The molecular weight excluding hydrogens is 616 g/mol. The molecule has 2 amide bonds. The zero-order chi connectivity index (χ0) is 29.6. The van der Waals surface area contributed by atoms with Crippen molar-refractivity contribution in [2.75, 3.05) is 17.4 Å². The minimum atomic E-state index is -4.25. The van der Waals surface area contributed by atoms with Crippen LogP contribution in [0.15, 0.2) is 65.6 Å². The smallest absolute Gasteiger partial charge is 0.264 e. The summed E-state index contributed by atoms with van der Waals surface area (Å²) in [7, 11) is -4.25. The number of benzene rings is 3. The molecule has 0 aromatic heterocycles. The number of amides is 2. The molecule has 0 aliphatic heterocycles. The highest BCUT2D eigenvalue weighted by Crippen LogP contribution is 2.30. The van der Waals surface area contributed by atoms with E-state index in [2.05, 4.69) is 5.32 Å². The van der Waals surface area contributed by atoms with Crippen LogP contribution < -0.4 is 9.62 Å². The Bertz CT molecular complexity index is 1460. The fraction of sp³-hybridized carbons (Fsp3) is 0.286. The van der Waals surface area contributed by atoms with Crippen LogP contribution in [0, 0.1) is 6.92 Å². The first kappa shape index (κ1) is 32.0. The van der Waals surface area contributed by atoms with Gasteiger partial charge in [0.05, 0.1) is 20.6 Å². The van der Waals surface area contributed by atoms with Gasteiger partial charge in [-0.2, -0.15) is 0 Å². The Kier molecular flexibility index (Phi) is 11.1. The Balaban J connectivity index is 2.06. The molecule has 3 aromatic rings. The monoisotopic (exact) mass is 643 g/mol. The van der Waals surface area contributed by atoms with E-state index < -0.39 is 28.5 Å². The topological polar surface area (TPSA) is 86.8 Å². The summed E-state index contributed by atoms with van der Waals surface area (Å²) in [6, 6.07) is 14.5. The highest BCUT2D eigenvalue weighted by molar-refractivity contribution is 7.92. The first-order chi connectivity index (χ1) is 18.8. The molecule has 0 bridgehead atoms. The van der Waals surface area contributed by atoms with Gasteiger partial charge in [0.25, 0.3) is 10.0 Å². The fourth-order valence-corrected chi connectivity index (χ4v) is 6.10. The summed E-state index contributed by atoms with van der Waals surface area (Å²) in [5, 5.41) is 3.80. The third-order valence-corrected chi connectivity index (χ3v) is 9.04. The van der Waals surface area contributed by atoms with Crippen LogP contribution in [0.3, 0.4) is 0 Å². The van der Waals surface area contributed by atoms with E-state index in [4.69, 9.17) is 46.4 Å². The predicted molar refractivity (Wildman–Crippen MR) is 162 cm³/mol. The molecule has 0 heterocycles. The maximum absolute atomic E-state index is 13.9. The molecule has 3 aromatic carbocycles. The molecule has 0 unspecified atom stereocenters. The molecule has 12 heteroatoms. The maximum atomic E-state index is 13.9. The highest BCUT2D eigenvalue weighted by atomic mass is 35.5. The van der Waals surface area contributed by atoms with E-state index in [1.54, 1.807) is 37.3 Å². The van der Waals surface area contributed by atoms with E-state index in [0.717, 1.165) is 9.87 Å². The number of aryl methyl sites for hydroxylation is 1. The second-order valence-electron chi connectivity index (χ2n) is 9.19. The van der Waals surface area contributed by atoms with Crippen molar-refractivity contribution in [3.05, 3.63) is 91.9 Å². The van der Waals surface area contributed by atoms with Crippen LogP contribution in [0.25, 0.3) is 0 Å². The average molecular weight is 645 g/mol. The lowest BCUT2D eigenvalue weighted by Gasteiger charge is -2.32. The molecule has 7 nitrogen and oxygen atoms in total. The van der Waals surface area contributed by atoms with Gasteiger partial charge >= 0.3 is 0 Å². The third kappa shape index (κ3) is 8.04. The molecule has 0 aliphatic rings. The number of sulfonamides is 1. The lowest BCUT2D eigenvalue weighted by Crippen LogP contribution is -2.51. The van der Waals surface area contributed by atoms with E-state index in [9.17, 15) is 18.0 Å². The number of carbonyl (C=O) groups excluding carboxylic acids is 2. The van der Waals surface area contributed by atoms with E-state index in [1.807, 2.05) is 13.8 Å². The Morgan fingerprint density at radius 3 is 2.10 bits per heavy atom. The molecule has 0 spiro atoms. The van der Waals surface area contributed by atoms with E-state index in [-0.39, 0.29) is 38.1 Å². The summed E-state index contributed by atoms with van der Waals surface area (Å²) in [5.74, 6) is -1.01. The fourth-order valence-electron chi connectivity index (χ4n) is 3.86. The third-order valence-electron chi connectivity index (χ3n) is 6.08. The number of hydrogen-bond donors (Lipinski definition) is 1. The van der Waals surface area contributed by atoms with Gasteiger partial charge in [-0.3, -0.25) is 13.9 Å². The van der Waals surface area contributed by atoms with Crippen molar-refractivity contribution in [2.24, 2.45) is 0 Å². The van der Waals surface area contributed by atoms with Crippen molar-refractivity contribution < 1.29 is 18.0 Å². The lowest BCUT2D eigenvalue weighted by molar-refractivity contribution is -0.139. The molecule has 0 aliphatic carbocycles. The van der Waals surface area contributed by atoms with Gasteiger partial charge < -0.3 is 10.2 Å². The Labute approximate surface area is 255 Å². The average Bonchev–Trinajstić information content (AvgIpc) is 2.90. The van der Waals surface area contributed by atoms with Gasteiger partial charge in [0.1, 0.15) is 12.6 Å². The summed E-state index contributed by atoms with van der Waals surface area (Å²) in [6.45, 7) is 5.10. The van der Waals surface area contributed by atoms with Crippen LogP contribution in [-0.4, -0.2) is 44.3 Å². The van der Waals surface area contributed by atoms with Gasteiger partial charge in [0.15, 0.2) is 0 Å². The van der Waals surface area contributed by atoms with Crippen molar-refractivity contribution in [1.29, 1.82) is 0 Å². The van der Waals surface area contributed by atoms with Crippen molar-refractivity contribution in [3.8, 4) is 0 Å². The summed E-state index contributed by atoms with van der Waals surface area (Å²) in [4.78, 5) is 28.1. The number of hydrogen-bond acceptors (Lipinski definition) is 4. The second-order valence-corrected chi connectivity index (χ2v) is 12.7. The minimum Gasteiger partial charge on any atom is -0.354 e. The first-order valence-corrected chi connectivity index (χ1v) is 15.3. The largest absolute Gasteiger partial charge is 0.354 e. The van der Waals surface area contributed by atoms with Gasteiger partial charge in [-0.15, -0.1) is 0 Å². The minimum absolute atomic E-state index is 0.0215. The van der Waals surface area contributed by atoms with Crippen molar-refractivity contribution in [1.82, 2.24) is 10.2 Å². The van der Waals surface area contributed by atoms with Crippen LogP contribution >= 0.6 is 46.4 Å². The van der Waals surface area contributed by atoms with Crippen molar-refractivity contribution in [3.63, 3.8) is 0 Å². The molecular formula is C28H29Cl4N3O4S. The molecule has 0 saturated carbocycles. The van der Waals surface area contributed by atoms with Gasteiger partial charge in [-0.1, -0.05) is 77.1 Å². The van der Waals surface area contributed by atoms with Gasteiger partial charge in [0.2, 0.25) is 11.8 Å². The normalized spacial score (nSPS) is 12.1. The van der Waals surface area contributed by atoms with E-state index in [1.165, 1.54) is 35.2 Å². The number of halogens is 4. The van der Waals surface area contributed by atoms with Crippen LogP contribution in [-0.2, 0) is 26.2 Å². The number of nitrogens with zero attached hydrogens (tertiary/aromatic N) is 2. The Hall–Kier alpha value is -2.49. The quantitative estimate of drug-likeness (QED) is 0.250. The number of carbonyl (C=O) groups is 2.